The molecule has 1 aliphatic heterocycles. The van der Waals surface area contributed by atoms with Crippen LogP contribution in [0, 0.1) is 39.9 Å². The van der Waals surface area contributed by atoms with E-state index in [1.807, 2.05) is 26.8 Å². The van der Waals surface area contributed by atoms with E-state index >= 15 is 0 Å². The molecule has 2 bridgehead atoms. The van der Waals surface area contributed by atoms with Crippen molar-refractivity contribution in [3.63, 3.8) is 0 Å². The van der Waals surface area contributed by atoms with Gasteiger partial charge >= 0.3 is 17.9 Å². The number of carbonyl (C=O) groups is 4. The Labute approximate surface area is 229 Å². The van der Waals surface area contributed by atoms with Crippen LogP contribution in [0.4, 0.5) is 0 Å². The molecule has 0 aromatic carbocycles. The van der Waals surface area contributed by atoms with Gasteiger partial charge in [0.05, 0.1) is 37.9 Å². The number of furan rings is 1. The van der Waals surface area contributed by atoms with Crippen LogP contribution in [0.1, 0.15) is 85.3 Å². The molecule has 4 aliphatic rings. The largest absolute Gasteiger partial charge is 0.472 e. The summed E-state index contributed by atoms with van der Waals surface area (Å²) in [6.07, 6.45) is 4.11. The van der Waals surface area contributed by atoms with Crippen molar-refractivity contribution in [2.45, 2.75) is 85.9 Å². The lowest BCUT2D eigenvalue weighted by atomic mass is 9.40. The number of hydrogen-bond acceptors (Lipinski definition) is 8. The van der Waals surface area contributed by atoms with Gasteiger partial charge in [0.15, 0.2) is 0 Å². The number of rotatable bonds is 5. The number of methoxy groups -OCH3 is 1. The third-order valence-electron chi connectivity index (χ3n) is 10.5. The molecule has 2 heterocycles. The van der Waals surface area contributed by atoms with E-state index in [4.69, 9.17) is 18.6 Å². The van der Waals surface area contributed by atoms with E-state index in [0.717, 1.165) is 29.6 Å². The summed E-state index contributed by atoms with van der Waals surface area (Å²) >= 11 is 0. The van der Waals surface area contributed by atoms with Crippen LogP contribution in [0.25, 0.3) is 0 Å². The number of hydrogen-bond donors (Lipinski definition) is 0. The van der Waals surface area contributed by atoms with E-state index in [2.05, 4.69) is 6.92 Å². The third kappa shape index (κ3) is 4.00. The predicted molar refractivity (Wildman–Crippen MR) is 140 cm³/mol. The zero-order chi connectivity index (χ0) is 28.5. The second-order valence-electron chi connectivity index (χ2n) is 13.2. The summed E-state index contributed by atoms with van der Waals surface area (Å²) in [6, 6.07) is 1.83. The third-order valence-corrected chi connectivity index (χ3v) is 10.5. The van der Waals surface area contributed by atoms with Crippen LogP contribution in [-0.2, 0) is 33.4 Å². The molecule has 1 aromatic rings. The molecule has 8 heteroatoms. The number of esters is 3. The van der Waals surface area contributed by atoms with Gasteiger partial charge in [-0.05, 0) is 42.7 Å². The van der Waals surface area contributed by atoms with Gasteiger partial charge in [0.2, 0.25) is 0 Å². The summed E-state index contributed by atoms with van der Waals surface area (Å²) < 4.78 is 22.5. The Hall–Kier alpha value is -2.90. The minimum absolute atomic E-state index is 0.0417. The Morgan fingerprint density at radius 2 is 1.87 bits per heavy atom. The first kappa shape index (κ1) is 27.7. The van der Waals surface area contributed by atoms with Crippen LogP contribution in [0.2, 0.25) is 0 Å². The number of Topliss-reactive ketones (excluding diaryl/α,β-unsaturated/α-hetero) is 1. The van der Waals surface area contributed by atoms with Gasteiger partial charge in [0.25, 0.3) is 0 Å². The Balaban J connectivity index is 1.68. The van der Waals surface area contributed by atoms with Crippen molar-refractivity contribution < 1.29 is 37.8 Å². The minimum Gasteiger partial charge on any atom is -0.472 e. The van der Waals surface area contributed by atoms with Crippen LogP contribution in [0.3, 0.4) is 0 Å². The molecular weight excluding hydrogens is 500 g/mol. The molecule has 5 rings (SSSR count). The highest BCUT2D eigenvalue weighted by Gasteiger charge is 2.68. The first-order chi connectivity index (χ1) is 18.3. The van der Waals surface area contributed by atoms with Gasteiger partial charge in [-0.25, -0.2) is 0 Å². The highest BCUT2D eigenvalue weighted by molar-refractivity contribution is 5.92. The molecule has 0 spiro atoms. The fraction of sp³-hybridized carbons (Fsp3) is 0.677. The Bertz CT molecular complexity index is 1220. The van der Waals surface area contributed by atoms with Crippen molar-refractivity contribution >= 4 is 23.7 Å². The van der Waals surface area contributed by atoms with Gasteiger partial charge in [0, 0.05) is 28.2 Å². The van der Waals surface area contributed by atoms with Gasteiger partial charge in [-0.3, -0.25) is 19.2 Å². The van der Waals surface area contributed by atoms with Gasteiger partial charge in [0.1, 0.15) is 18.0 Å². The van der Waals surface area contributed by atoms with Gasteiger partial charge < -0.3 is 18.6 Å². The summed E-state index contributed by atoms with van der Waals surface area (Å²) in [7, 11) is 1.35. The summed E-state index contributed by atoms with van der Waals surface area (Å²) in [5.74, 6) is -2.49. The Morgan fingerprint density at radius 1 is 1.15 bits per heavy atom. The summed E-state index contributed by atoms with van der Waals surface area (Å²) in [4.78, 5) is 53.0. The van der Waals surface area contributed by atoms with Gasteiger partial charge in [-0.15, -0.1) is 0 Å². The molecule has 1 saturated heterocycles. The lowest BCUT2D eigenvalue weighted by Crippen LogP contribution is -2.66. The van der Waals surface area contributed by atoms with Crippen molar-refractivity contribution in [3.05, 3.63) is 35.3 Å². The first-order valence-electron chi connectivity index (χ1n) is 14.0. The normalized spacial score (nSPS) is 37.1. The highest BCUT2D eigenvalue weighted by atomic mass is 16.6. The molecule has 0 radical (unpaired) electrons. The molecule has 3 aliphatic carbocycles. The van der Waals surface area contributed by atoms with Crippen molar-refractivity contribution in [1.29, 1.82) is 0 Å². The van der Waals surface area contributed by atoms with E-state index in [1.54, 1.807) is 26.4 Å². The van der Waals surface area contributed by atoms with Crippen LogP contribution >= 0.6 is 0 Å². The predicted octanol–water partition coefficient (Wildman–Crippen LogP) is 5.36. The zero-order valence-corrected chi connectivity index (χ0v) is 24.0. The molecule has 3 fully saturated rings. The molecule has 2 saturated carbocycles. The van der Waals surface area contributed by atoms with Crippen molar-refractivity contribution in [2.75, 3.05) is 7.11 Å². The Morgan fingerprint density at radius 3 is 2.49 bits per heavy atom. The number of fused-ring (bicyclic) bond motifs is 5. The quantitative estimate of drug-likeness (QED) is 0.279. The molecular formula is C31H40O8. The first-order valence-corrected chi connectivity index (χ1v) is 14.0. The van der Waals surface area contributed by atoms with Crippen LogP contribution < -0.4 is 0 Å². The summed E-state index contributed by atoms with van der Waals surface area (Å²) in [5, 5.41) is 0. The topological polar surface area (TPSA) is 109 Å². The zero-order valence-electron chi connectivity index (χ0n) is 24.0. The monoisotopic (exact) mass is 540 g/mol. The number of ether oxygens (including phenoxy) is 3. The maximum Gasteiger partial charge on any atom is 0.310 e. The van der Waals surface area contributed by atoms with Crippen LogP contribution in [-0.4, -0.2) is 36.9 Å². The minimum atomic E-state index is -0.877. The molecule has 0 amide bonds. The number of ketones is 1. The fourth-order valence-corrected chi connectivity index (χ4v) is 8.46. The summed E-state index contributed by atoms with van der Waals surface area (Å²) in [5.41, 5.74) is 0.943. The molecule has 8 nitrogen and oxygen atoms in total. The number of allylic oxidation sites excluding steroid dienone is 1. The summed E-state index contributed by atoms with van der Waals surface area (Å²) in [6.45, 7) is 11.7. The maximum atomic E-state index is 14.4. The molecule has 212 valence electrons. The van der Waals surface area contributed by atoms with Crippen LogP contribution in [0.15, 0.2) is 34.2 Å². The highest BCUT2D eigenvalue weighted by Crippen LogP contribution is 2.68. The molecule has 39 heavy (non-hydrogen) atoms. The molecule has 7 atom stereocenters. The van der Waals surface area contributed by atoms with E-state index in [0.29, 0.717) is 6.42 Å². The molecule has 1 aromatic heterocycles. The van der Waals surface area contributed by atoms with E-state index < -0.39 is 46.3 Å². The molecule has 0 N–H and O–H groups in total. The smallest absolute Gasteiger partial charge is 0.310 e. The SMILES string of the molecule is COC(=O)C[C@H]1C(C)(C)[C@H](OC(=O)C(C)C)[C@@H]2CC3=C4CC(=O)O[C@@H](c5ccoc5)[C@@]4(C)CC[C@H]3[C@@]1(C)C2=O. The van der Waals surface area contributed by atoms with Gasteiger partial charge in [-0.1, -0.05) is 47.1 Å². The van der Waals surface area contributed by atoms with Crippen molar-refractivity contribution in [2.24, 2.45) is 39.9 Å². The average molecular weight is 541 g/mol. The number of cyclic esters (lactones) is 1. The van der Waals surface area contributed by atoms with Crippen LogP contribution in [0.5, 0.6) is 0 Å². The van der Waals surface area contributed by atoms with E-state index in [1.165, 1.54) is 7.11 Å². The standard InChI is InChI=1S/C31H40O8/c1-16(2)28(35)39-27-19-12-18-20(31(6,25(19)34)22(29(27,3)4)14-23(32)36-7)8-10-30(5)21(18)13-24(33)38-26(30)17-9-11-37-15-17/h9,11,15-16,19-20,22,26-27H,8,10,12-14H2,1-7H3/t19-,20-,22+,26+,27-,30+,31-/m1/s1. The Kier molecular flexibility index (Phi) is 6.62. The van der Waals surface area contributed by atoms with E-state index in [-0.39, 0.29) is 42.4 Å². The molecule has 0 unspecified atom stereocenters. The maximum absolute atomic E-state index is 14.4. The van der Waals surface area contributed by atoms with Gasteiger partial charge in [-0.2, -0.15) is 0 Å². The lowest BCUT2D eigenvalue weighted by Gasteiger charge is -2.63. The average Bonchev–Trinajstić information content (AvgIpc) is 3.41. The fourth-order valence-electron chi connectivity index (χ4n) is 8.46. The second-order valence-corrected chi connectivity index (χ2v) is 13.2. The van der Waals surface area contributed by atoms with Crippen molar-refractivity contribution in [3.8, 4) is 0 Å². The number of carbonyl (C=O) groups excluding carboxylic acids is 4. The lowest BCUT2D eigenvalue weighted by molar-refractivity contribution is -0.200. The second kappa shape index (κ2) is 9.34. The van der Waals surface area contributed by atoms with Crippen molar-refractivity contribution in [1.82, 2.24) is 0 Å². The van der Waals surface area contributed by atoms with E-state index in [9.17, 15) is 19.2 Å².